The molecule has 0 radical (unpaired) electrons. The Morgan fingerprint density at radius 2 is 2.00 bits per heavy atom. The zero-order valence-electron chi connectivity index (χ0n) is 9.79. The average Bonchev–Trinajstić information content (AvgIpc) is 2.71. The molecular weight excluding hydrogens is 206 g/mol. The smallest absolute Gasteiger partial charge is 0.139 e. The SMILES string of the molecule is C[Si](C)(CN1CCOCC1)C1=CCCO1. The highest BCUT2D eigenvalue weighted by Gasteiger charge is 2.32. The minimum Gasteiger partial charge on any atom is -0.503 e. The van der Waals surface area contributed by atoms with E-state index >= 15 is 0 Å². The van der Waals surface area contributed by atoms with Crippen LogP contribution in [-0.4, -0.2) is 52.1 Å². The van der Waals surface area contributed by atoms with Gasteiger partial charge in [0.05, 0.1) is 25.2 Å². The molecule has 1 fully saturated rings. The zero-order chi connectivity index (χ0) is 10.7. The first-order valence-corrected chi connectivity index (χ1v) is 9.03. The Morgan fingerprint density at radius 3 is 2.60 bits per heavy atom. The van der Waals surface area contributed by atoms with Crippen molar-refractivity contribution in [2.45, 2.75) is 19.5 Å². The lowest BCUT2D eigenvalue weighted by Gasteiger charge is -2.33. The van der Waals surface area contributed by atoms with E-state index in [1.807, 2.05) is 0 Å². The van der Waals surface area contributed by atoms with Gasteiger partial charge in [0, 0.05) is 25.7 Å². The van der Waals surface area contributed by atoms with E-state index in [2.05, 4.69) is 24.1 Å². The molecule has 0 unspecified atom stereocenters. The van der Waals surface area contributed by atoms with Crippen LogP contribution in [0.25, 0.3) is 0 Å². The van der Waals surface area contributed by atoms with Gasteiger partial charge < -0.3 is 14.4 Å². The molecule has 2 rings (SSSR count). The van der Waals surface area contributed by atoms with Crippen LogP contribution in [0.15, 0.2) is 11.5 Å². The lowest BCUT2D eigenvalue weighted by molar-refractivity contribution is 0.0453. The summed E-state index contributed by atoms with van der Waals surface area (Å²) < 4.78 is 11.1. The highest BCUT2D eigenvalue weighted by atomic mass is 28.3. The maximum atomic E-state index is 5.72. The number of hydrogen-bond donors (Lipinski definition) is 0. The molecular formula is C11H21NO2Si. The largest absolute Gasteiger partial charge is 0.503 e. The topological polar surface area (TPSA) is 21.7 Å². The standard InChI is InChI=1S/C11H21NO2Si/c1-15(2,11-4-3-7-14-11)10-12-5-8-13-9-6-12/h4H,3,5-10H2,1-2H3. The van der Waals surface area contributed by atoms with Crippen LogP contribution in [-0.2, 0) is 9.47 Å². The maximum absolute atomic E-state index is 5.72. The number of ether oxygens (including phenoxy) is 2. The lowest BCUT2D eigenvalue weighted by Crippen LogP contribution is -2.48. The van der Waals surface area contributed by atoms with Gasteiger partial charge in [-0.2, -0.15) is 0 Å². The van der Waals surface area contributed by atoms with Crippen LogP contribution in [0.5, 0.6) is 0 Å². The fourth-order valence-electron chi connectivity index (χ4n) is 2.29. The Kier molecular flexibility index (Phi) is 3.48. The van der Waals surface area contributed by atoms with E-state index in [9.17, 15) is 0 Å². The summed E-state index contributed by atoms with van der Waals surface area (Å²) in [6.45, 7) is 9.66. The molecule has 0 atom stereocenters. The van der Waals surface area contributed by atoms with Crippen molar-refractivity contribution < 1.29 is 9.47 Å². The number of morpholine rings is 1. The molecule has 2 heterocycles. The van der Waals surface area contributed by atoms with Gasteiger partial charge in [-0.25, -0.2) is 0 Å². The molecule has 0 saturated carbocycles. The molecule has 2 aliphatic rings. The molecule has 15 heavy (non-hydrogen) atoms. The molecule has 0 aromatic carbocycles. The predicted octanol–water partition coefficient (Wildman–Crippen LogP) is 1.41. The summed E-state index contributed by atoms with van der Waals surface area (Å²) >= 11 is 0. The van der Waals surface area contributed by atoms with Crippen LogP contribution in [0.1, 0.15) is 6.42 Å². The van der Waals surface area contributed by atoms with Crippen molar-refractivity contribution in [1.29, 1.82) is 0 Å². The van der Waals surface area contributed by atoms with Crippen molar-refractivity contribution >= 4 is 8.07 Å². The zero-order valence-corrected chi connectivity index (χ0v) is 10.8. The molecule has 0 aliphatic carbocycles. The fourth-order valence-corrected chi connectivity index (χ4v) is 5.07. The molecule has 3 nitrogen and oxygen atoms in total. The predicted molar refractivity (Wildman–Crippen MR) is 63.4 cm³/mol. The Bertz CT molecular complexity index is 247. The third kappa shape index (κ3) is 2.83. The molecule has 86 valence electrons. The monoisotopic (exact) mass is 227 g/mol. The molecule has 4 heteroatoms. The van der Waals surface area contributed by atoms with Gasteiger partial charge in [0.25, 0.3) is 0 Å². The first-order chi connectivity index (χ1) is 7.18. The minimum absolute atomic E-state index is 0.893. The van der Waals surface area contributed by atoms with Gasteiger partial charge in [0.15, 0.2) is 0 Å². The van der Waals surface area contributed by atoms with Crippen molar-refractivity contribution in [2.75, 3.05) is 39.1 Å². The second kappa shape index (κ2) is 4.68. The van der Waals surface area contributed by atoms with Crippen molar-refractivity contribution in [2.24, 2.45) is 0 Å². The van der Waals surface area contributed by atoms with E-state index in [1.165, 1.54) is 11.6 Å². The van der Waals surface area contributed by atoms with E-state index in [0.29, 0.717) is 0 Å². The molecule has 2 aliphatic heterocycles. The summed E-state index contributed by atoms with van der Waals surface area (Å²) in [5.74, 6) is 0. The molecule has 0 aromatic rings. The molecule has 0 aromatic heterocycles. The highest BCUT2D eigenvalue weighted by Crippen LogP contribution is 2.22. The summed E-state index contributed by atoms with van der Waals surface area (Å²) in [4.78, 5) is 2.53. The highest BCUT2D eigenvalue weighted by molar-refractivity contribution is 6.83. The summed E-state index contributed by atoms with van der Waals surface area (Å²) in [6, 6.07) is 0. The van der Waals surface area contributed by atoms with Crippen molar-refractivity contribution in [3.8, 4) is 0 Å². The van der Waals surface area contributed by atoms with Crippen LogP contribution >= 0.6 is 0 Å². The third-order valence-corrected chi connectivity index (χ3v) is 6.02. The summed E-state index contributed by atoms with van der Waals surface area (Å²) in [7, 11) is -1.35. The Hall–Kier alpha value is -0.323. The van der Waals surface area contributed by atoms with Gasteiger partial charge in [-0.05, 0) is 6.08 Å². The van der Waals surface area contributed by atoms with Gasteiger partial charge in [-0.3, -0.25) is 0 Å². The quantitative estimate of drug-likeness (QED) is 0.681. The molecule has 0 spiro atoms. The Morgan fingerprint density at radius 1 is 1.27 bits per heavy atom. The van der Waals surface area contributed by atoms with Crippen LogP contribution < -0.4 is 0 Å². The summed E-state index contributed by atoms with van der Waals surface area (Å²) in [5.41, 5.74) is 0. The fraction of sp³-hybridized carbons (Fsp3) is 0.818. The summed E-state index contributed by atoms with van der Waals surface area (Å²) in [5, 5.41) is 1.31. The second-order valence-electron chi connectivity index (χ2n) is 4.98. The van der Waals surface area contributed by atoms with Crippen LogP contribution in [0.4, 0.5) is 0 Å². The van der Waals surface area contributed by atoms with Crippen LogP contribution in [0, 0.1) is 0 Å². The maximum Gasteiger partial charge on any atom is 0.139 e. The number of nitrogens with zero attached hydrogens (tertiary/aromatic N) is 1. The van der Waals surface area contributed by atoms with E-state index in [0.717, 1.165) is 39.3 Å². The molecule has 0 N–H and O–H groups in total. The number of hydrogen-bond acceptors (Lipinski definition) is 3. The minimum atomic E-state index is -1.35. The van der Waals surface area contributed by atoms with Gasteiger partial charge in [-0.1, -0.05) is 13.1 Å². The first-order valence-electron chi connectivity index (χ1n) is 5.82. The van der Waals surface area contributed by atoms with E-state index < -0.39 is 8.07 Å². The van der Waals surface area contributed by atoms with Crippen LogP contribution in [0.3, 0.4) is 0 Å². The second-order valence-corrected chi connectivity index (χ2v) is 9.55. The normalized spacial score (nSPS) is 23.7. The van der Waals surface area contributed by atoms with E-state index in [4.69, 9.17) is 9.47 Å². The third-order valence-electron chi connectivity index (χ3n) is 3.09. The Labute approximate surface area is 93.1 Å². The summed E-state index contributed by atoms with van der Waals surface area (Å²) in [6.07, 6.45) is 4.61. The molecule has 0 bridgehead atoms. The first kappa shape index (κ1) is 11.2. The van der Waals surface area contributed by atoms with Gasteiger partial charge >= 0.3 is 0 Å². The van der Waals surface area contributed by atoms with E-state index in [-0.39, 0.29) is 0 Å². The van der Waals surface area contributed by atoms with Gasteiger partial charge in [0.1, 0.15) is 8.07 Å². The van der Waals surface area contributed by atoms with Gasteiger partial charge in [0.2, 0.25) is 0 Å². The van der Waals surface area contributed by atoms with E-state index in [1.54, 1.807) is 0 Å². The molecule has 1 saturated heterocycles. The van der Waals surface area contributed by atoms with Crippen molar-refractivity contribution in [1.82, 2.24) is 4.90 Å². The van der Waals surface area contributed by atoms with Crippen molar-refractivity contribution in [3.63, 3.8) is 0 Å². The van der Waals surface area contributed by atoms with Crippen LogP contribution in [0.2, 0.25) is 13.1 Å². The van der Waals surface area contributed by atoms with Gasteiger partial charge in [-0.15, -0.1) is 0 Å². The molecule has 0 amide bonds. The lowest BCUT2D eigenvalue weighted by atomic mass is 10.5. The van der Waals surface area contributed by atoms with Crippen molar-refractivity contribution in [3.05, 3.63) is 11.5 Å². The Balaban J connectivity index is 1.90. The average molecular weight is 227 g/mol. The number of rotatable bonds is 3.